The number of benzene rings is 1. The number of halogens is 1. The highest BCUT2D eigenvalue weighted by atomic mass is 35.5. The number of carbonyl (C=O) groups excluding carboxylic acids is 1. The van der Waals surface area contributed by atoms with Crippen LogP contribution in [0.5, 0.6) is 0 Å². The van der Waals surface area contributed by atoms with E-state index in [-0.39, 0.29) is 11.5 Å². The van der Waals surface area contributed by atoms with Crippen molar-refractivity contribution in [1.29, 1.82) is 0 Å². The summed E-state index contributed by atoms with van der Waals surface area (Å²) in [5, 5.41) is 0.509. The van der Waals surface area contributed by atoms with Crippen LogP contribution in [0.25, 0.3) is 15.9 Å². The van der Waals surface area contributed by atoms with E-state index >= 15 is 0 Å². The number of hydrogen-bond acceptors (Lipinski definition) is 4. The molecule has 1 aromatic heterocycles. The molecule has 1 saturated carbocycles. The monoisotopic (exact) mass is 456 g/mol. The molecule has 2 aromatic rings. The minimum Gasteiger partial charge on any atom is -0.441 e. The molecule has 170 valence electrons. The van der Waals surface area contributed by atoms with Gasteiger partial charge in [0, 0.05) is 26.3 Å². The predicted octanol–water partition coefficient (Wildman–Crippen LogP) is 5.44. The van der Waals surface area contributed by atoms with Gasteiger partial charge in [0.1, 0.15) is 11.1 Å². The molecule has 32 heavy (non-hydrogen) atoms. The van der Waals surface area contributed by atoms with E-state index in [1.54, 1.807) is 6.07 Å². The van der Waals surface area contributed by atoms with E-state index in [4.69, 9.17) is 27.6 Å². The largest absolute Gasteiger partial charge is 0.441 e. The second kappa shape index (κ2) is 8.24. The average molecular weight is 457 g/mol. The molecule has 3 fully saturated rings. The molecule has 2 atom stereocenters. The molecular formula is C24H29ClN4O3. The summed E-state index contributed by atoms with van der Waals surface area (Å²) in [4.78, 5) is 22.7. The Morgan fingerprint density at radius 1 is 1.31 bits per heavy atom. The van der Waals surface area contributed by atoms with Crippen LogP contribution in [0.2, 0.25) is 5.02 Å². The number of imidazole rings is 1. The Kier molecular flexibility index (Phi) is 5.55. The number of fused-ring (bicyclic) bond motifs is 1. The van der Waals surface area contributed by atoms with E-state index in [0.29, 0.717) is 23.2 Å². The van der Waals surface area contributed by atoms with Gasteiger partial charge in [0.2, 0.25) is 0 Å². The minimum absolute atomic E-state index is 0.104. The van der Waals surface area contributed by atoms with Gasteiger partial charge in [-0.3, -0.25) is 0 Å². The molecule has 0 radical (unpaired) electrons. The van der Waals surface area contributed by atoms with Gasteiger partial charge in [-0.15, -0.1) is 0 Å². The van der Waals surface area contributed by atoms with Crippen molar-refractivity contribution in [1.82, 2.24) is 14.5 Å². The molecule has 1 aliphatic carbocycles. The zero-order valence-corrected chi connectivity index (χ0v) is 19.2. The molecule has 7 nitrogen and oxygen atoms in total. The van der Waals surface area contributed by atoms with Crippen molar-refractivity contribution in [2.24, 2.45) is 11.3 Å². The highest BCUT2D eigenvalue weighted by molar-refractivity contribution is 6.35. The molecule has 0 N–H and O–H groups in total. The van der Waals surface area contributed by atoms with E-state index in [1.807, 2.05) is 17.3 Å². The highest BCUT2D eigenvalue weighted by Gasteiger charge is 2.49. The number of hydrogen-bond donors (Lipinski definition) is 0. The van der Waals surface area contributed by atoms with Crippen LogP contribution in [0.3, 0.4) is 0 Å². The molecule has 1 spiro atoms. The van der Waals surface area contributed by atoms with Crippen molar-refractivity contribution in [3.8, 4) is 0 Å². The third kappa shape index (κ3) is 4.06. The van der Waals surface area contributed by atoms with Crippen LogP contribution in [0.4, 0.5) is 10.5 Å². The maximum absolute atomic E-state index is 12.8. The average Bonchev–Trinajstić information content (AvgIpc) is 3.29. The van der Waals surface area contributed by atoms with Crippen molar-refractivity contribution < 1.29 is 14.3 Å². The van der Waals surface area contributed by atoms with Gasteiger partial charge in [0.15, 0.2) is 5.69 Å². The number of amides is 1. The normalized spacial score (nSPS) is 27.6. The molecule has 8 heteroatoms. The molecule has 1 amide bonds. The van der Waals surface area contributed by atoms with Gasteiger partial charge in [-0.25, -0.2) is 14.6 Å². The maximum Gasteiger partial charge on any atom is 0.410 e. The lowest BCUT2D eigenvalue weighted by Crippen LogP contribution is -2.43. The summed E-state index contributed by atoms with van der Waals surface area (Å²) in [7, 11) is 0. The standard InChI is InChI=1S/C24H29ClN4O3/c1-23(6-8-31-9-7-23)14-29-15-24(32-22(29)30)5-3-4-17(12-24)13-28-16-27-21-19(25)10-18(26-2)11-20(21)28/h10-11,16-17H,3-9,12-15H2,1H3/t17-,24-/m0/s1. The van der Waals surface area contributed by atoms with Gasteiger partial charge in [0.05, 0.1) is 30.0 Å². The Balaban J connectivity index is 1.30. The summed E-state index contributed by atoms with van der Waals surface area (Å²) in [5.41, 5.74) is 1.85. The molecule has 1 aromatic carbocycles. The van der Waals surface area contributed by atoms with E-state index < -0.39 is 5.60 Å². The first-order valence-corrected chi connectivity index (χ1v) is 11.8. The quantitative estimate of drug-likeness (QED) is 0.575. The molecule has 3 heterocycles. The number of aromatic nitrogens is 2. The molecule has 3 aliphatic rings. The fraction of sp³-hybridized carbons (Fsp3) is 0.625. The minimum atomic E-state index is -0.392. The van der Waals surface area contributed by atoms with E-state index in [1.165, 1.54) is 0 Å². The van der Waals surface area contributed by atoms with Crippen LogP contribution in [0.1, 0.15) is 45.4 Å². The van der Waals surface area contributed by atoms with Crippen molar-refractivity contribution in [3.63, 3.8) is 0 Å². The van der Waals surface area contributed by atoms with Crippen molar-refractivity contribution in [2.75, 3.05) is 26.3 Å². The van der Waals surface area contributed by atoms with E-state index in [0.717, 1.165) is 75.9 Å². The van der Waals surface area contributed by atoms with E-state index in [9.17, 15) is 4.79 Å². The van der Waals surface area contributed by atoms with Crippen LogP contribution in [0, 0.1) is 17.9 Å². The third-order valence-corrected chi connectivity index (χ3v) is 7.75. The summed E-state index contributed by atoms with van der Waals surface area (Å²) in [6.07, 6.45) is 7.51. The third-order valence-electron chi connectivity index (χ3n) is 7.47. The maximum atomic E-state index is 12.8. The molecular weight excluding hydrogens is 428 g/mol. The van der Waals surface area contributed by atoms with Gasteiger partial charge in [-0.05, 0) is 62.0 Å². The van der Waals surface area contributed by atoms with Crippen molar-refractivity contribution in [2.45, 2.75) is 57.6 Å². The van der Waals surface area contributed by atoms with Crippen molar-refractivity contribution >= 4 is 34.4 Å². The van der Waals surface area contributed by atoms with Crippen LogP contribution in [-0.4, -0.2) is 52.4 Å². The van der Waals surface area contributed by atoms with Gasteiger partial charge in [0.25, 0.3) is 0 Å². The summed E-state index contributed by atoms with van der Waals surface area (Å²) in [6, 6.07) is 3.51. The first-order chi connectivity index (χ1) is 15.4. The van der Waals surface area contributed by atoms with Crippen LogP contribution < -0.4 is 0 Å². The Morgan fingerprint density at radius 3 is 2.91 bits per heavy atom. The number of carbonyl (C=O) groups is 1. The summed E-state index contributed by atoms with van der Waals surface area (Å²) in [6.45, 7) is 13.3. The number of nitrogens with zero attached hydrogens (tertiary/aromatic N) is 4. The molecule has 2 saturated heterocycles. The Morgan fingerprint density at radius 2 is 2.12 bits per heavy atom. The molecule has 0 bridgehead atoms. The van der Waals surface area contributed by atoms with E-state index in [2.05, 4.69) is 21.3 Å². The highest BCUT2D eigenvalue weighted by Crippen LogP contribution is 2.42. The topological polar surface area (TPSA) is 61.0 Å². The fourth-order valence-corrected chi connectivity index (χ4v) is 5.99. The lowest BCUT2D eigenvalue weighted by molar-refractivity contribution is 0.00335. The molecule has 5 rings (SSSR count). The number of ether oxygens (including phenoxy) is 2. The number of rotatable bonds is 4. The SMILES string of the molecule is [C-]#[N+]c1cc(Cl)c2ncn(C[C@H]3CCC[C@]4(C3)CN(CC3(C)CCOCC3)C(=O)O4)c2c1. The predicted molar refractivity (Wildman–Crippen MR) is 122 cm³/mol. The van der Waals surface area contributed by atoms with Gasteiger partial charge in [-0.1, -0.05) is 18.5 Å². The van der Waals surface area contributed by atoms with Crippen LogP contribution in [-0.2, 0) is 16.0 Å². The first kappa shape index (κ1) is 21.5. The molecule has 0 unspecified atom stereocenters. The van der Waals surface area contributed by atoms with Gasteiger partial charge >= 0.3 is 6.09 Å². The zero-order chi connectivity index (χ0) is 22.3. The van der Waals surface area contributed by atoms with Gasteiger partial charge < -0.3 is 18.9 Å². The summed E-state index contributed by atoms with van der Waals surface area (Å²) < 4.78 is 13.7. The Bertz CT molecular complexity index is 1070. The van der Waals surface area contributed by atoms with Crippen LogP contribution in [0.15, 0.2) is 18.5 Å². The lowest BCUT2D eigenvalue weighted by atomic mass is 9.77. The summed E-state index contributed by atoms with van der Waals surface area (Å²) in [5.74, 6) is 0.378. The second-order valence-electron chi connectivity index (χ2n) is 10.1. The lowest BCUT2D eigenvalue weighted by Gasteiger charge is -2.38. The summed E-state index contributed by atoms with van der Waals surface area (Å²) >= 11 is 6.33. The zero-order valence-electron chi connectivity index (χ0n) is 18.5. The smallest absolute Gasteiger partial charge is 0.410 e. The van der Waals surface area contributed by atoms with Crippen molar-refractivity contribution in [3.05, 3.63) is 34.9 Å². The van der Waals surface area contributed by atoms with Crippen LogP contribution >= 0.6 is 11.6 Å². The first-order valence-electron chi connectivity index (χ1n) is 11.5. The van der Waals surface area contributed by atoms with Gasteiger partial charge in [-0.2, -0.15) is 0 Å². The fourth-order valence-electron chi connectivity index (χ4n) is 5.73. The molecule has 2 aliphatic heterocycles. The Hall–Kier alpha value is -2.30. The second-order valence-corrected chi connectivity index (χ2v) is 10.5. The Labute approximate surface area is 193 Å².